The van der Waals surface area contributed by atoms with Gasteiger partial charge in [0.1, 0.15) is 5.15 Å². The van der Waals surface area contributed by atoms with Crippen molar-refractivity contribution in [1.82, 2.24) is 4.98 Å². The molecule has 2 rings (SSSR count). The van der Waals surface area contributed by atoms with Crippen LogP contribution in [0.1, 0.15) is 32.1 Å². The molecule has 1 aliphatic carbocycles. The smallest absolute Gasteiger partial charge is 0.228 e. The molecule has 1 N–H and O–H groups in total. The molecule has 1 aromatic rings. The van der Waals surface area contributed by atoms with Gasteiger partial charge < -0.3 is 5.32 Å². The van der Waals surface area contributed by atoms with Gasteiger partial charge in [0.25, 0.3) is 0 Å². The Bertz CT molecular complexity index is 488. The van der Waals surface area contributed by atoms with E-state index in [9.17, 15) is 4.79 Å². The minimum Gasteiger partial charge on any atom is -0.324 e. The van der Waals surface area contributed by atoms with Gasteiger partial charge in [-0.15, -0.1) is 0 Å². The Kier molecular flexibility index (Phi) is 4.78. The third kappa shape index (κ3) is 3.82. The van der Waals surface area contributed by atoms with Crippen molar-refractivity contribution >= 4 is 39.1 Å². The van der Waals surface area contributed by atoms with Crippen molar-refractivity contribution in [2.24, 2.45) is 0 Å². The van der Waals surface area contributed by atoms with E-state index in [0.717, 1.165) is 12.8 Å². The normalized spacial score (nSPS) is 15.1. The number of allylic oxidation sites excluding steroid dienone is 1. The van der Waals surface area contributed by atoms with Crippen LogP contribution >= 0.6 is 27.5 Å². The van der Waals surface area contributed by atoms with Crippen LogP contribution in [0.5, 0.6) is 0 Å². The molecule has 1 heterocycles. The molecule has 0 saturated heterocycles. The Morgan fingerprint density at radius 2 is 2.33 bits per heavy atom. The van der Waals surface area contributed by atoms with Gasteiger partial charge in [0.2, 0.25) is 5.91 Å². The lowest BCUT2D eigenvalue weighted by molar-refractivity contribution is -0.115. The van der Waals surface area contributed by atoms with E-state index in [4.69, 9.17) is 11.6 Å². The number of nitrogens with one attached hydrogen (secondary N) is 1. The highest BCUT2D eigenvalue weighted by Crippen LogP contribution is 2.24. The van der Waals surface area contributed by atoms with Crippen LogP contribution in [0.3, 0.4) is 0 Å². The highest BCUT2D eigenvalue weighted by Gasteiger charge is 2.10. The Balaban J connectivity index is 1.94. The molecule has 1 amide bonds. The lowest BCUT2D eigenvalue weighted by Crippen LogP contribution is -2.13. The summed E-state index contributed by atoms with van der Waals surface area (Å²) in [6.45, 7) is 0. The maximum absolute atomic E-state index is 11.8. The number of rotatable bonds is 3. The molecule has 96 valence electrons. The number of carbonyl (C=O) groups excluding carboxylic acids is 1. The summed E-state index contributed by atoms with van der Waals surface area (Å²) in [6.07, 6.45) is 8.76. The molecule has 0 radical (unpaired) electrons. The standard InChI is InChI=1S/C13H14BrClN2O/c14-11-7-10(8-16-13(11)15)17-12(18)6-9-4-2-1-3-5-9/h4,7-8H,1-3,5-6H2,(H,17,18). The molecule has 0 atom stereocenters. The van der Waals surface area contributed by atoms with Crippen molar-refractivity contribution < 1.29 is 4.79 Å². The Morgan fingerprint density at radius 1 is 1.50 bits per heavy atom. The van der Waals surface area contributed by atoms with Crippen LogP contribution in [0, 0.1) is 0 Å². The van der Waals surface area contributed by atoms with Crippen molar-refractivity contribution in [3.8, 4) is 0 Å². The zero-order valence-electron chi connectivity index (χ0n) is 9.88. The summed E-state index contributed by atoms with van der Waals surface area (Å²) >= 11 is 9.07. The lowest BCUT2D eigenvalue weighted by Gasteiger charge is -2.12. The summed E-state index contributed by atoms with van der Waals surface area (Å²) in [6, 6.07) is 1.75. The Hall–Kier alpha value is -0.870. The van der Waals surface area contributed by atoms with Gasteiger partial charge in [-0.2, -0.15) is 0 Å². The molecule has 0 bridgehead atoms. The summed E-state index contributed by atoms with van der Waals surface area (Å²) in [4.78, 5) is 15.8. The number of aromatic nitrogens is 1. The molecular formula is C13H14BrClN2O. The Morgan fingerprint density at radius 3 is 3.00 bits per heavy atom. The van der Waals surface area contributed by atoms with Gasteiger partial charge in [0, 0.05) is 6.42 Å². The lowest BCUT2D eigenvalue weighted by atomic mass is 9.97. The summed E-state index contributed by atoms with van der Waals surface area (Å²) in [5, 5.41) is 3.22. The van der Waals surface area contributed by atoms with Crippen molar-refractivity contribution in [2.45, 2.75) is 32.1 Å². The molecule has 0 aromatic carbocycles. The van der Waals surface area contributed by atoms with Crippen molar-refractivity contribution in [3.63, 3.8) is 0 Å². The molecule has 3 nitrogen and oxygen atoms in total. The topological polar surface area (TPSA) is 42.0 Å². The molecule has 1 aliphatic rings. The number of halogens is 2. The summed E-state index contributed by atoms with van der Waals surface area (Å²) in [5.41, 5.74) is 1.90. The first-order valence-corrected chi connectivity index (χ1v) is 7.11. The predicted octanol–water partition coefficient (Wildman–Crippen LogP) is 4.33. The maximum Gasteiger partial charge on any atom is 0.228 e. The number of nitrogens with zero attached hydrogens (tertiary/aromatic N) is 1. The first-order chi connectivity index (χ1) is 8.65. The molecule has 5 heteroatoms. The quantitative estimate of drug-likeness (QED) is 0.662. The molecule has 0 fully saturated rings. The fraction of sp³-hybridized carbons (Fsp3) is 0.385. The van der Waals surface area contributed by atoms with E-state index >= 15 is 0 Å². The molecule has 1 aromatic heterocycles. The van der Waals surface area contributed by atoms with Crippen molar-refractivity contribution in [2.75, 3.05) is 5.32 Å². The highest BCUT2D eigenvalue weighted by atomic mass is 79.9. The van der Waals surface area contributed by atoms with Gasteiger partial charge in [-0.3, -0.25) is 4.79 Å². The number of anilines is 1. The van der Waals surface area contributed by atoms with Gasteiger partial charge >= 0.3 is 0 Å². The van der Waals surface area contributed by atoms with E-state index in [-0.39, 0.29) is 5.91 Å². The zero-order chi connectivity index (χ0) is 13.0. The summed E-state index contributed by atoms with van der Waals surface area (Å²) < 4.78 is 0.679. The van der Waals surface area contributed by atoms with Crippen LogP contribution in [-0.2, 0) is 4.79 Å². The van der Waals surface area contributed by atoms with Crippen LogP contribution in [0.4, 0.5) is 5.69 Å². The molecule has 0 spiro atoms. The van der Waals surface area contributed by atoms with E-state index in [1.165, 1.54) is 18.4 Å². The number of hydrogen-bond donors (Lipinski definition) is 1. The van der Waals surface area contributed by atoms with Crippen LogP contribution in [-0.4, -0.2) is 10.9 Å². The fourth-order valence-electron chi connectivity index (χ4n) is 1.97. The van der Waals surface area contributed by atoms with Crippen molar-refractivity contribution in [1.29, 1.82) is 0 Å². The van der Waals surface area contributed by atoms with E-state index in [0.29, 0.717) is 21.7 Å². The fourth-order valence-corrected chi connectivity index (χ4v) is 2.42. The van der Waals surface area contributed by atoms with Crippen LogP contribution < -0.4 is 5.32 Å². The first kappa shape index (κ1) is 13.6. The second kappa shape index (κ2) is 6.34. The third-order valence-electron chi connectivity index (χ3n) is 2.85. The Labute approximate surface area is 120 Å². The highest BCUT2D eigenvalue weighted by molar-refractivity contribution is 9.10. The number of hydrogen-bond acceptors (Lipinski definition) is 2. The van der Waals surface area contributed by atoms with Gasteiger partial charge in [0.05, 0.1) is 16.4 Å². The average Bonchev–Trinajstić information content (AvgIpc) is 2.35. The van der Waals surface area contributed by atoms with Gasteiger partial charge in [0.15, 0.2) is 0 Å². The van der Waals surface area contributed by atoms with Crippen LogP contribution in [0.25, 0.3) is 0 Å². The molecule has 18 heavy (non-hydrogen) atoms. The average molecular weight is 330 g/mol. The van der Waals surface area contributed by atoms with Gasteiger partial charge in [-0.05, 0) is 47.7 Å². The summed E-state index contributed by atoms with van der Waals surface area (Å²) in [5.74, 6) is -0.000766. The third-order valence-corrected chi connectivity index (χ3v) is 3.99. The van der Waals surface area contributed by atoms with E-state index in [2.05, 4.69) is 32.3 Å². The first-order valence-electron chi connectivity index (χ1n) is 5.94. The van der Waals surface area contributed by atoms with Crippen LogP contribution in [0.2, 0.25) is 5.15 Å². The van der Waals surface area contributed by atoms with Gasteiger partial charge in [-0.1, -0.05) is 23.3 Å². The molecule has 0 aliphatic heterocycles. The second-order valence-corrected chi connectivity index (χ2v) is 5.54. The second-order valence-electron chi connectivity index (χ2n) is 4.33. The van der Waals surface area contributed by atoms with Crippen molar-refractivity contribution in [3.05, 3.63) is 33.5 Å². The van der Waals surface area contributed by atoms with E-state index in [1.807, 2.05) is 0 Å². The maximum atomic E-state index is 11.8. The number of carbonyl (C=O) groups is 1. The van der Waals surface area contributed by atoms with E-state index < -0.39 is 0 Å². The minimum atomic E-state index is -0.000766. The molecule has 0 unspecified atom stereocenters. The van der Waals surface area contributed by atoms with Gasteiger partial charge in [-0.25, -0.2) is 4.98 Å². The van der Waals surface area contributed by atoms with E-state index in [1.54, 1.807) is 12.3 Å². The van der Waals surface area contributed by atoms with Crippen LogP contribution in [0.15, 0.2) is 28.4 Å². The predicted molar refractivity (Wildman–Crippen MR) is 76.7 cm³/mol. The molecular weight excluding hydrogens is 316 g/mol. The largest absolute Gasteiger partial charge is 0.324 e. The zero-order valence-corrected chi connectivity index (χ0v) is 12.2. The SMILES string of the molecule is O=C(CC1=CCCCC1)Nc1cnc(Cl)c(Br)c1. The number of pyridine rings is 1. The summed E-state index contributed by atoms with van der Waals surface area (Å²) in [7, 11) is 0. The number of amides is 1. The minimum absolute atomic E-state index is 0.000766. The molecule has 0 saturated carbocycles. The monoisotopic (exact) mass is 328 g/mol.